The van der Waals surface area contributed by atoms with E-state index in [2.05, 4.69) is 34.1 Å². The maximum absolute atomic E-state index is 13.8. The normalized spacial score (nSPS) is 18.2. The van der Waals surface area contributed by atoms with Crippen LogP contribution in [0.5, 0.6) is 0 Å². The van der Waals surface area contributed by atoms with Crippen LogP contribution in [0.2, 0.25) is 0 Å². The molecule has 0 bridgehead atoms. The molecule has 2 saturated heterocycles. The maximum atomic E-state index is 13.8. The number of esters is 1. The van der Waals surface area contributed by atoms with Crippen LogP contribution in [0.1, 0.15) is 48.5 Å². The molecule has 2 aliphatic rings. The van der Waals surface area contributed by atoms with Gasteiger partial charge in [0.1, 0.15) is 17.2 Å². The van der Waals surface area contributed by atoms with Gasteiger partial charge in [0.2, 0.25) is 0 Å². The van der Waals surface area contributed by atoms with E-state index < -0.39 is 0 Å². The topological polar surface area (TPSA) is 75.6 Å². The molecular weight excluding hydrogens is 495 g/mol. The molecular formula is C31H35FN4O3. The van der Waals surface area contributed by atoms with Crippen LogP contribution < -0.4 is 4.90 Å². The van der Waals surface area contributed by atoms with Crippen LogP contribution in [0.25, 0.3) is 11.4 Å². The summed E-state index contributed by atoms with van der Waals surface area (Å²) in [6, 6.07) is 16.6. The molecule has 3 aromatic rings. The summed E-state index contributed by atoms with van der Waals surface area (Å²) in [5.41, 5.74) is 2.47. The van der Waals surface area contributed by atoms with Gasteiger partial charge in [0.05, 0.1) is 12.5 Å². The van der Waals surface area contributed by atoms with Gasteiger partial charge in [-0.25, -0.2) is 14.4 Å². The fourth-order valence-corrected chi connectivity index (χ4v) is 5.58. The lowest BCUT2D eigenvalue weighted by atomic mass is 9.90. The molecule has 2 fully saturated rings. The number of halogens is 1. The molecule has 0 aliphatic carbocycles. The summed E-state index contributed by atoms with van der Waals surface area (Å²) >= 11 is 0. The second-order valence-electron chi connectivity index (χ2n) is 10.4. The Morgan fingerprint density at radius 3 is 2.46 bits per heavy atom. The molecule has 0 radical (unpaired) electrons. The lowest BCUT2D eigenvalue weighted by Crippen LogP contribution is -2.44. The largest absolute Gasteiger partial charge is 0.466 e. The Morgan fingerprint density at radius 1 is 1.00 bits per heavy atom. The highest BCUT2D eigenvalue weighted by atomic mass is 19.1. The third kappa shape index (κ3) is 6.44. The summed E-state index contributed by atoms with van der Waals surface area (Å²) in [6.07, 6.45) is 6.07. The molecule has 1 aromatic heterocycles. The van der Waals surface area contributed by atoms with Gasteiger partial charge in [0.25, 0.3) is 5.91 Å². The lowest BCUT2D eigenvalue weighted by Gasteiger charge is -2.35. The van der Waals surface area contributed by atoms with Crippen molar-refractivity contribution in [2.24, 2.45) is 11.8 Å². The van der Waals surface area contributed by atoms with Crippen molar-refractivity contribution in [1.82, 2.24) is 14.9 Å². The second kappa shape index (κ2) is 12.4. The molecule has 0 unspecified atom stereocenters. The van der Waals surface area contributed by atoms with Crippen molar-refractivity contribution in [3.8, 4) is 11.4 Å². The van der Waals surface area contributed by atoms with E-state index in [4.69, 9.17) is 9.72 Å². The molecule has 39 heavy (non-hydrogen) atoms. The molecule has 5 rings (SSSR count). The molecule has 2 aromatic carbocycles. The summed E-state index contributed by atoms with van der Waals surface area (Å²) in [6.45, 7) is 4.58. The van der Waals surface area contributed by atoms with Gasteiger partial charge < -0.3 is 14.5 Å². The zero-order chi connectivity index (χ0) is 27.2. The summed E-state index contributed by atoms with van der Waals surface area (Å²) in [5, 5.41) is 0. The van der Waals surface area contributed by atoms with E-state index in [0.717, 1.165) is 38.8 Å². The highest BCUT2D eigenvalue weighted by Crippen LogP contribution is 2.30. The number of anilines is 1. The Morgan fingerprint density at radius 2 is 1.74 bits per heavy atom. The number of amides is 1. The van der Waals surface area contributed by atoms with Gasteiger partial charge in [0, 0.05) is 37.9 Å². The fourth-order valence-electron chi connectivity index (χ4n) is 5.58. The third-order valence-electron chi connectivity index (χ3n) is 7.71. The van der Waals surface area contributed by atoms with Gasteiger partial charge in [-0.2, -0.15) is 0 Å². The Labute approximate surface area is 229 Å². The number of hydrogen-bond donors (Lipinski definition) is 0. The predicted octanol–water partition coefficient (Wildman–Crippen LogP) is 5.16. The van der Waals surface area contributed by atoms with Gasteiger partial charge in [-0.1, -0.05) is 30.3 Å². The first kappa shape index (κ1) is 26.8. The number of benzene rings is 2. The van der Waals surface area contributed by atoms with Crippen LogP contribution in [-0.4, -0.2) is 59.5 Å². The number of likely N-dealkylation sites (tertiary alicyclic amines) is 1. The zero-order valence-corrected chi connectivity index (χ0v) is 22.4. The van der Waals surface area contributed by atoms with E-state index >= 15 is 0 Å². The Bertz CT molecular complexity index is 1280. The van der Waals surface area contributed by atoms with Crippen molar-refractivity contribution in [1.29, 1.82) is 0 Å². The first-order valence-corrected chi connectivity index (χ1v) is 13.9. The highest BCUT2D eigenvalue weighted by Gasteiger charge is 2.33. The molecule has 1 atom stereocenters. The molecule has 0 spiro atoms. The highest BCUT2D eigenvalue weighted by molar-refractivity contribution is 5.99. The number of aromatic nitrogens is 2. The minimum atomic E-state index is -0.326. The van der Waals surface area contributed by atoms with Crippen molar-refractivity contribution in [3.05, 3.63) is 77.7 Å². The molecule has 2 aliphatic heterocycles. The van der Waals surface area contributed by atoms with Gasteiger partial charge in [0.15, 0.2) is 5.82 Å². The van der Waals surface area contributed by atoms with Crippen LogP contribution >= 0.6 is 0 Å². The number of piperidine rings is 2. The Kier molecular flexibility index (Phi) is 8.49. The van der Waals surface area contributed by atoms with Crippen LogP contribution in [0.3, 0.4) is 0 Å². The smallest absolute Gasteiger partial charge is 0.310 e. The van der Waals surface area contributed by atoms with E-state index in [1.54, 1.807) is 30.2 Å². The number of rotatable bonds is 7. The summed E-state index contributed by atoms with van der Waals surface area (Å²) in [5.74, 6) is 0.553. The first-order valence-electron chi connectivity index (χ1n) is 13.9. The number of nitrogens with zero attached hydrogens (tertiary/aromatic N) is 4. The quantitative estimate of drug-likeness (QED) is 0.393. The summed E-state index contributed by atoms with van der Waals surface area (Å²) in [7, 11) is 0. The van der Waals surface area contributed by atoms with Crippen molar-refractivity contribution in [2.45, 2.75) is 39.0 Å². The molecule has 0 saturated carbocycles. The summed E-state index contributed by atoms with van der Waals surface area (Å²) < 4.78 is 18.8. The number of ether oxygens (including phenoxy) is 1. The average Bonchev–Trinajstić information content (AvgIpc) is 2.98. The van der Waals surface area contributed by atoms with Gasteiger partial charge in [-0.3, -0.25) is 9.59 Å². The maximum Gasteiger partial charge on any atom is 0.310 e. The van der Waals surface area contributed by atoms with E-state index in [1.807, 2.05) is 6.07 Å². The Balaban J connectivity index is 1.38. The third-order valence-corrected chi connectivity index (χ3v) is 7.71. The predicted molar refractivity (Wildman–Crippen MR) is 148 cm³/mol. The van der Waals surface area contributed by atoms with Crippen molar-refractivity contribution in [3.63, 3.8) is 0 Å². The summed E-state index contributed by atoms with van der Waals surface area (Å²) in [4.78, 5) is 39.5. The molecule has 1 amide bonds. The number of carbonyl (C=O) groups excluding carboxylic acids is 2. The minimum absolute atomic E-state index is 0.170. The van der Waals surface area contributed by atoms with E-state index in [9.17, 15) is 14.0 Å². The lowest BCUT2D eigenvalue weighted by molar-refractivity contribution is -0.149. The standard InChI is InChI=1S/C31H35FN4O3/c1-2-39-31(38)25-9-6-16-36(21-25)30(37)27-20-33-28(24-10-12-26(32)13-11-24)34-29(27)35-17-14-23(15-18-35)19-22-7-4-3-5-8-22/h3-5,7-8,10-13,20,23,25H,2,6,9,14-19,21H2,1H3/t25-/m0/s1. The van der Waals surface area contributed by atoms with Crippen LogP contribution in [0.4, 0.5) is 10.2 Å². The second-order valence-corrected chi connectivity index (χ2v) is 10.4. The number of hydrogen-bond acceptors (Lipinski definition) is 6. The van der Waals surface area contributed by atoms with Crippen LogP contribution in [0, 0.1) is 17.7 Å². The molecule has 0 N–H and O–H groups in total. The van der Waals surface area contributed by atoms with Crippen molar-refractivity contribution < 1.29 is 18.7 Å². The average molecular weight is 531 g/mol. The Hall–Kier alpha value is -3.81. The monoisotopic (exact) mass is 530 g/mol. The van der Waals surface area contributed by atoms with E-state index in [1.165, 1.54) is 17.7 Å². The van der Waals surface area contributed by atoms with Gasteiger partial charge in [-0.05, 0) is 74.8 Å². The molecule has 8 heteroatoms. The fraction of sp³-hybridized carbons (Fsp3) is 0.419. The first-order chi connectivity index (χ1) is 19.0. The minimum Gasteiger partial charge on any atom is -0.466 e. The van der Waals surface area contributed by atoms with Gasteiger partial charge in [-0.15, -0.1) is 0 Å². The SMILES string of the molecule is CCOC(=O)[C@H]1CCCN(C(=O)c2cnc(-c3ccc(F)cc3)nc2N2CCC(Cc3ccccc3)CC2)C1. The van der Waals surface area contributed by atoms with E-state index in [0.29, 0.717) is 54.8 Å². The van der Waals surface area contributed by atoms with E-state index in [-0.39, 0.29) is 23.6 Å². The van der Waals surface area contributed by atoms with Crippen LogP contribution in [-0.2, 0) is 16.0 Å². The molecule has 7 nitrogen and oxygen atoms in total. The van der Waals surface area contributed by atoms with Crippen LogP contribution in [0.15, 0.2) is 60.8 Å². The van der Waals surface area contributed by atoms with Crippen molar-refractivity contribution >= 4 is 17.7 Å². The molecule has 3 heterocycles. The van der Waals surface area contributed by atoms with Gasteiger partial charge >= 0.3 is 5.97 Å². The number of carbonyl (C=O) groups is 2. The molecule has 204 valence electrons. The zero-order valence-electron chi connectivity index (χ0n) is 22.4. The van der Waals surface area contributed by atoms with Crippen molar-refractivity contribution in [2.75, 3.05) is 37.7 Å².